The number of fused-ring (bicyclic) bond motifs is 1. The van der Waals surface area contributed by atoms with E-state index in [1.165, 1.54) is 27.8 Å². The van der Waals surface area contributed by atoms with Gasteiger partial charge in [-0.25, -0.2) is 8.42 Å². The Morgan fingerprint density at radius 3 is 2.50 bits per heavy atom. The van der Waals surface area contributed by atoms with Crippen LogP contribution in [0.4, 0.5) is 0 Å². The number of nitrogens with zero attached hydrogens (tertiary/aromatic N) is 3. The first-order chi connectivity index (χ1) is 14.4. The van der Waals surface area contributed by atoms with Gasteiger partial charge < -0.3 is 4.57 Å². The van der Waals surface area contributed by atoms with Gasteiger partial charge in [-0.15, -0.1) is 0 Å². The molecule has 1 fully saturated rings. The van der Waals surface area contributed by atoms with E-state index in [-0.39, 0.29) is 10.8 Å². The van der Waals surface area contributed by atoms with E-state index < -0.39 is 10.0 Å². The van der Waals surface area contributed by atoms with Crippen molar-refractivity contribution in [3.8, 4) is 0 Å². The Hall–Kier alpha value is -1.81. The van der Waals surface area contributed by atoms with Gasteiger partial charge in [0, 0.05) is 29.7 Å². The number of hydrogen-bond donors (Lipinski definition) is 0. The van der Waals surface area contributed by atoms with Crippen LogP contribution in [0.2, 0.25) is 0 Å². The van der Waals surface area contributed by atoms with Crippen molar-refractivity contribution in [1.29, 1.82) is 0 Å². The average molecular weight is 508 g/mol. The fraction of sp³-hybridized carbons (Fsp3) is 0.333. The number of benzene rings is 2. The molecule has 2 heterocycles. The van der Waals surface area contributed by atoms with Crippen LogP contribution in [0.25, 0.3) is 10.2 Å². The van der Waals surface area contributed by atoms with E-state index in [1.807, 2.05) is 18.2 Å². The zero-order chi connectivity index (χ0) is 21.3. The molecule has 0 saturated carbocycles. The molecule has 1 aromatic heterocycles. The molecular formula is C21H22BrN3O3S2. The summed E-state index contributed by atoms with van der Waals surface area (Å²) in [6.45, 7) is 3.96. The maximum atomic E-state index is 12.8. The fourth-order valence-corrected chi connectivity index (χ4v) is 6.69. The standard InChI is InChI=1S/C21H22BrN3O3S2/c1-2-11-25-18-10-7-16(22)14-19(18)29-21(25)23-20(26)15-5-8-17(9-6-15)30(27,28)24-12-3-4-13-24/h5-10,14H,2-4,11-13H2,1H3. The minimum atomic E-state index is -3.49. The summed E-state index contributed by atoms with van der Waals surface area (Å²) >= 11 is 4.96. The summed E-state index contributed by atoms with van der Waals surface area (Å²) in [5, 5.41) is 0. The minimum Gasteiger partial charge on any atom is -0.316 e. The molecule has 2 aromatic carbocycles. The average Bonchev–Trinajstić information content (AvgIpc) is 3.38. The predicted molar refractivity (Wildman–Crippen MR) is 122 cm³/mol. The lowest BCUT2D eigenvalue weighted by atomic mass is 10.2. The lowest BCUT2D eigenvalue weighted by Crippen LogP contribution is -2.27. The predicted octanol–water partition coefficient (Wildman–Crippen LogP) is 4.40. The van der Waals surface area contributed by atoms with Gasteiger partial charge in [-0.1, -0.05) is 34.2 Å². The molecule has 0 spiro atoms. The van der Waals surface area contributed by atoms with Crippen LogP contribution in [0.1, 0.15) is 36.5 Å². The second-order valence-electron chi connectivity index (χ2n) is 7.20. The van der Waals surface area contributed by atoms with Crippen molar-refractivity contribution in [2.24, 2.45) is 4.99 Å². The maximum absolute atomic E-state index is 12.8. The Morgan fingerprint density at radius 1 is 1.13 bits per heavy atom. The first-order valence-electron chi connectivity index (χ1n) is 9.88. The first kappa shape index (κ1) is 21.4. The van der Waals surface area contributed by atoms with Crippen molar-refractivity contribution < 1.29 is 13.2 Å². The van der Waals surface area contributed by atoms with E-state index in [2.05, 4.69) is 32.4 Å². The van der Waals surface area contributed by atoms with Crippen molar-refractivity contribution in [3.05, 3.63) is 57.3 Å². The van der Waals surface area contributed by atoms with Crippen molar-refractivity contribution in [1.82, 2.24) is 8.87 Å². The van der Waals surface area contributed by atoms with Crippen molar-refractivity contribution in [2.45, 2.75) is 37.6 Å². The number of carbonyl (C=O) groups is 1. The highest BCUT2D eigenvalue weighted by Gasteiger charge is 2.27. The zero-order valence-corrected chi connectivity index (χ0v) is 19.8. The minimum absolute atomic E-state index is 0.216. The van der Waals surface area contributed by atoms with Crippen LogP contribution >= 0.6 is 27.3 Å². The first-order valence-corrected chi connectivity index (χ1v) is 12.9. The lowest BCUT2D eigenvalue weighted by molar-refractivity contribution is 0.0997. The summed E-state index contributed by atoms with van der Waals surface area (Å²) in [7, 11) is -3.49. The molecule has 1 saturated heterocycles. The Balaban J connectivity index is 1.67. The quantitative estimate of drug-likeness (QED) is 0.513. The fourth-order valence-electron chi connectivity index (χ4n) is 3.57. The Labute approximate surface area is 188 Å². The topological polar surface area (TPSA) is 71.7 Å². The number of sulfonamides is 1. The van der Waals surface area contributed by atoms with Gasteiger partial charge >= 0.3 is 0 Å². The molecule has 30 heavy (non-hydrogen) atoms. The van der Waals surface area contributed by atoms with E-state index >= 15 is 0 Å². The normalized spacial score (nSPS) is 15.9. The molecule has 6 nitrogen and oxygen atoms in total. The molecule has 1 aliphatic rings. The molecule has 1 aliphatic heterocycles. The highest BCUT2D eigenvalue weighted by molar-refractivity contribution is 9.10. The van der Waals surface area contributed by atoms with E-state index in [0.717, 1.165) is 40.5 Å². The Kier molecular flexibility index (Phi) is 6.24. The van der Waals surface area contributed by atoms with Crippen LogP contribution in [0.15, 0.2) is 56.8 Å². The number of amides is 1. The van der Waals surface area contributed by atoms with Gasteiger partial charge in [0.2, 0.25) is 10.0 Å². The number of halogens is 1. The van der Waals surface area contributed by atoms with E-state index in [9.17, 15) is 13.2 Å². The number of carbonyl (C=O) groups excluding carboxylic acids is 1. The van der Waals surface area contributed by atoms with Crippen molar-refractivity contribution in [2.75, 3.05) is 13.1 Å². The zero-order valence-electron chi connectivity index (χ0n) is 16.5. The molecule has 3 aromatic rings. The third-order valence-electron chi connectivity index (χ3n) is 5.09. The third kappa shape index (κ3) is 4.16. The van der Waals surface area contributed by atoms with Gasteiger partial charge in [-0.3, -0.25) is 4.79 Å². The molecule has 0 N–H and O–H groups in total. The van der Waals surface area contributed by atoms with Crippen LogP contribution < -0.4 is 4.80 Å². The van der Waals surface area contributed by atoms with Crippen LogP contribution in [-0.4, -0.2) is 36.3 Å². The van der Waals surface area contributed by atoms with Crippen LogP contribution in [-0.2, 0) is 16.6 Å². The van der Waals surface area contributed by atoms with Crippen LogP contribution in [0.3, 0.4) is 0 Å². The van der Waals surface area contributed by atoms with Gasteiger partial charge in [0.25, 0.3) is 5.91 Å². The van der Waals surface area contributed by atoms with E-state index in [1.54, 1.807) is 12.1 Å². The van der Waals surface area contributed by atoms with Gasteiger partial charge in [0.15, 0.2) is 4.80 Å². The van der Waals surface area contributed by atoms with E-state index in [4.69, 9.17) is 0 Å². The number of aryl methyl sites for hydroxylation is 1. The third-order valence-corrected chi connectivity index (χ3v) is 8.54. The summed E-state index contributed by atoms with van der Waals surface area (Å²) < 4.78 is 30.9. The molecule has 1 amide bonds. The van der Waals surface area contributed by atoms with Gasteiger partial charge in [-0.2, -0.15) is 9.30 Å². The molecular weight excluding hydrogens is 486 g/mol. The summed E-state index contributed by atoms with van der Waals surface area (Å²) in [6.07, 6.45) is 2.70. The van der Waals surface area contributed by atoms with Gasteiger partial charge in [0.05, 0.1) is 15.1 Å². The molecule has 158 valence electrons. The van der Waals surface area contributed by atoms with E-state index in [0.29, 0.717) is 23.5 Å². The molecule has 0 atom stereocenters. The van der Waals surface area contributed by atoms with Gasteiger partial charge in [0.1, 0.15) is 0 Å². The molecule has 0 radical (unpaired) electrons. The van der Waals surface area contributed by atoms with Gasteiger partial charge in [-0.05, 0) is 61.7 Å². The highest BCUT2D eigenvalue weighted by atomic mass is 79.9. The SMILES string of the molecule is CCCn1c(=NC(=O)c2ccc(S(=O)(=O)N3CCCC3)cc2)sc2cc(Br)ccc21. The number of hydrogen-bond acceptors (Lipinski definition) is 4. The van der Waals surface area contributed by atoms with Crippen molar-refractivity contribution in [3.63, 3.8) is 0 Å². The maximum Gasteiger partial charge on any atom is 0.279 e. The number of thiazole rings is 1. The monoisotopic (exact) mass is 507 g/mol. The Bertz CT molecular complexity index is 1250. The molecule has 0 bridgehead atoms. The second kappa shape index (κ2) is 8.74. The smallest absolute Gasteiger partial charge is 0.279 e. The highest BCUT2D eigenvalue weighted by Crippen LogP contribution is 2.23. The van der Waals surface area contributed by atoms with Crippen LogP contribution in [0.5, 0.6) is 0 Å². The second-order valence-corrected chi connectivity index (χ2v) is 11.1. The molecule has 9 heteroatoms. The van der Waals surface area contributed by atoms with Crippen molar-refractivity contribution >= 4 is 53.4 Å². The lowest BCUT2D eigenvalue weighted by Gasteiger charge is -2.15. The number of aromatic nitrogens is 1. The summed E-state index contributed by atoms with van der Waals surface area (Å²) in [6, 6.07) is 12.1. The number of rotatable bonds is 5. The summed E-state index contributed by atoms with van der Waals surface area (Å²) in [4.78, 5) is 18.0. The largest absolute Gasteiger partial charge is 0.316 e. The Morgan fingerprint density at radius 2 is 1.83 bits per heavy atom. The van der Waals surface area contributed by atoms with Crippen LogP contribution in [0, 0.1) is 0 Å². The molecule has 0 aliphatic carbocycles. The molecule has 0 unspecified atom stereocenters. The summed E-state index contributed by atoms with van der Waals surface area (Å²) in [5.74, 6) is -0.379. The molecule has 4 rings (SSSR count). The summed E-state index contributed by atoms with van der Waals surface area (Å²) in [5.41, 5.74) is 1.42.